The second-order valence-corrected chi connectivity index (χ2v) is 3.20. The van der Waals surface area contributed by atoms with Crippen LogP contribution in [0.2, 0.25) is 0 Å². The topological polar surface area (TPSA) is 24.4 Å². The second-order valence-electron chi connectivity index (χ2n) is 3.20. The van der Waals surface area contributed by atoms with Crippen LogP contribution in [0.4, 0.5) is 0 Å². The van der Waals surface area contributed by atoms with Gasteiger partial charge in [-0.25, -0.2) is 0 Å². The maximum atomic E-state index is 5.20. The average Bonchev–Trinajstić information content (AvgIpc) is 2.26. The number of hydrogen-bond donors (Lipinski definition) is 1. The van der Waals surface area contributed by atoms with Crippen molar-refractivity contribution in [1.82, 2.24) is 5.32 Å². The van der Waals surface area contributed by atoms with E-state index in [4.69, 9.17) is 6.42 Å². The van der Waals surface area contributed by atoms with Gasteiger partial charge in [0.05, 0.1) is 6.54 Å². The van der Waals surface area contributed by atoms with Crippen molar-refractivity contribution in [2.45, 2.75) is 6.42 Å². The van der Waals surface area contributed by atoms with E-state index in [0.717, 1.165) is 18.8 Å². The Morgan fingerprint density at radius 2 is 2.29 bits per heavy atom. The normalized spacial score (nSPS) is 13.8. The monoisotopic (exact) mass is 184 g/mol. The van der Waals surface area contributed by atoms with E-state index in [1.165, 1.54) is 11.1 Å². The van der Waals surface area contributed by atoms with Gasteiger partial charge in [-0.3, -0.25) is 4.99 Å². The van der Waals surface area contributed by atoms with Crippen LogP contribution in [0.3, 0.4) is 0 Å². The van der Waals surface area contributed by atoms with Crippen molar-refractivity contribution in [2.24, 2.45) is 4.99 Å². The molecule has 1 N–H and O–H groups in total. The molecule has 2 heteroatoms. The minimum absolute atomic E-state index is 0.535. The molecule has 1 aromatic carbocycles. The molecule has 1 aliphatic heterocycles. The van der Waals surface area contributed by atoms with Gasteiger partial charge in [-0.1, -0.05) is 30.2 Å². The van der Waals surface area contributed by atoms with E-state index in [2.05, 4.69) is 34.4 Å². The van der Waals surface area contributed by atoms with Crippen LogP contribution in [0, 0.1) is 12.3 Å². The SMILES string of the molecule is C#CCNC1=NCCc2ccccc21. The van der Waals surface area contributed by atoms with Gasteiger partial charge in [0.25, 0.3) is 0 Å². The fourth-order valence-electron chi connectivity index (χ4n) is 1.63. The number of aliphatic imine (C=N–C) groups is 1. The Hall–Kier alpha value is -1.75. The van der Waals surface area contributed by atoms with Crippen molar-refractivity contribution in [2.75, 3.05) is 13.1 Å². The number of fused-ring (bicyclic) bond motifs is 1. The summed E-state index contributed by atoms with van der Waals surface area (Å²) in [6.45, 7) is 1.39. The summed E-state index contributed by atoms with van der Waals surface area (Å²) in [7, 11) is 0. The average molecular weight is 184 g/mol. The van der Waals surface area contributed by atoms with E-state index < -0.39 is 0 Å². The molecule has 2 rings (SSSR count). The Morgan fingerprint density at radius 3 is 3.14 bits per heavy atom. The molecule has 0 radical (unpaired) electrons. The fraction of sp³-hybridized carbons (Fsp3) is 0.250. The number of nitrogens with zero attached hydrogens (tertiary/aromatic N) is 1. The predicted molar refractivity (Wildman–Crippen MR) is 58.4 cm³/mol. The minimum Gasteiger partial charge on any atom is -0.359 e. The van der Waals surface area contributed by atoms with Crippen LogP contribution in [0.25, 0.3) is 0 Å². The van der Waals surface area contributed by atoms with Crippen LogP contribution in [0.15, 0.2) is 29.3 Å². The molecule has 1 heterocycles. The first-order valence-corrected chi connectivity index (χ1v) is 4.72. The third-order valence-corrected chi connectivity index (χ3v) is 2.28. The third-order valence-electron chi connectivity index (χ3n) is 2.28. The van der Waals surface area contributed by atoms with E-state index in [-0.39, 0.29) is 0 Å². The van der Waals surface area contributed by atoms with Crippen LogP contribution in [0.1, 0.15) is 11.1 Å². The van der Waals surface area contributed by atoms with Crippen molar-refractivity contribution >= 4 is 5.84 Å². The first-order valence-electron chi connectivity index (χ1n) is 4.72. The summed E-state index contributed by atoms with van der Waals surface area (Å²) in [5.74, 6) is 3.49. The minimum atomic E-state index is 0.535. The molecule has 0 spiro atoms. The molecule has 0 fully saturated rings. The molecule has 0 amide bonds. The third kappa shape index (κ3) is 1.62. The molecular weight excluding hydrogens is 172 g/mol. The highest BCUT2D eigenvalue weighted by atomic mass is 15.0. The summed E-state index contributed by atoms with van der Waals surface area (Å²) in [5.41, 5.74) is 2.54. The molecule has 0 aliphatic carbocycles. The molecule has 70 valence electrons. The molecule has 1 aromatic rings. The van der Waals surface area contributed by atoms with Crippen molar-refractivity contribution in [3.63, 3.8) is 0 Å². The van der Waals surface area contributed by atoms with Crippen molar-refractivity contribution in [1.29, 1.82) is 0 Å². The number of terminal acetylenes is 1. The zero-order valence-electron chi connectivity index (χ0n) is 7.96. The maximum Gasteiger partial charge on any atom is 0.129 e. The highest BCUT2D eigenvalue weighted by molar-refractivity contribution is 6.00. The first-order chi connectivity index (χ1) is 6.92. The Labute approximate surface area is 84.1 Å². The lowest BCUT2D eigenvalue weighted by molar-refractivity contribution is 0.909. The van der Waals surface area contributed by atoms with Gasteiger partial charge >= 0.3 is 0 Å². The molecule has 0 bridgehead atoms. The summed E-state index contributed by atoms with van der Waals surface area (Å²) in [6, 6.07) is 8.30. The molecule has 0 saturated carbocycles. The standard InChI is InChI=1S/C12H12N2/c1-2-8-13-12-11-6-4-3-5-10(11)7-9-14-12/h1,3-6H,7-9H2,(H,13,14). The number of hydrogen-bond acceptors (Lipinski definition) is 2. The van der Waals surface area contributed by atoms with E-state index in [9.17, 15) is 0 Å². The Balaban J connectivity index is 2.27. The number of rotatable bonds is 1. The van der Waals surface area contributed by atoms with E-state index >= 15 is 0 Å². The maximum absolute atomic E-state index is 5.20. The Bertz CT molecular complexity index is 399. The van der Waals surface area contributed by atoms with Gasteiger partial charge in [0, 0.05) is 12.1 Å². The fourth-order valence-corrected chi connectivity index (χ4v) is 1.63. The van der Waals surface area contributed by atoms with E-state index in [1.54, 1.807) is 0 Å². The van der Waals surface area contributed by atoms with E-state index in [0.29, 0.717) is 6.54 Å². The van der Waals surface area contributed by atoms with Crippen LogP contribution >= 0.6 is 0 Å². The number of nitrogens with one attached hydrogen (secondary N) is 1. The summed E-state index contributed by atoms with van der Waals surface area (Å²) in [4.78, 5) is 4.42. The molecule has 0 aromatic heterocycles. The molecule has 0 atom stereocenters. The summed E-state index contributed by atoms with van der Waals surface area (Å²) < 4.78 is 0. The Morgan fingerprint density at radius 1 is 1.43 bits per heavy atom. The van der Waals surface area contributed by atoms with Gasteiger partial charge in [0.2, 0.25) is 0 Å². The van der Waals surface area contributed by atoms with Gasteiger partial charge < -0.3 is 5.32 Å². The van der Waals surface area contributed by atoms with Crippen molar-refractivity contribution in [3.8, 4) is 12.3 Å². The quantitative estimate of drug-likeness (QED) is 0.652. The molecule has 0 unspecified atom stereocenters. The smallest absolute Gasteiger partial charge is 0.129 e. The van der Waals surface area contributed by atoms with Gasteiger partial charge in [-0.15, -0.1) is 6.42 Å². The molecule has 2 nitrogen and oxygen atoms in total. The van der Waals surface area contributed by atoms with Gasteiger partial charge in [0.1, 0.15) is 5.84 Å². The predicted octanol–water partition coefficient (Wildman–Crippen LogP) is 1.21. The van der Waals surface area contributed by atoms with Crippen molar-refractivity contribution < 1.29 is 0 Å². The number of benzene rings is 1. The Kier molecular flexibility index (Phi) is 2.51. The highest BCUT2D eigenvalue weighted by Crippen LogP contribution is 2.14. The van der Waals surface area contributed by atoms with Crippen LogP contribution in [0.5, 0.6) is 0 Å². The number of amidine groups is 1. The molecule has 0 saturated heterocycles. The van der Waals surface area contributed by atoms with Gasteiger partial charge in [-0.2, -0.15) is 0 Å². The van der Waals surface area contributed by atoms with Crippen LogP contribution in [-0.4, -0.2) is 18.9 Å². The molecular formula is C12H12N2. The van der Waals surface area contributed by atoms with Gasteiger partial charge in [0.15, 0.2) is 0 Å². The van der Waals surface area contributed by atoms with Crippen LogP contribution in [-0.2, 0) is 6.42 Å². The lowest BCUT2D eigenvalue weighted by atomic mass is 10.0. The summed E-state index contributed by atoms with van der Waals surface area (Å²) in [6.07, 6.45) is 6.22. The first kappa shape index (κ1) is 8.83. The highest BCUT2D eigenvalue weighted by Gasteiger charge is 2.11. The summed E-state index contributed by atoms with van der Waals surface area (Å²) in [5, 5.41) is 3.14. The van der Waals surface area contributed by atoms with Gasteiger partial charge in [-0.05, 0) is 12.0 Å². The zero-order valence-corrected chi connectivity index (χ0v) is 7.96. The lowest BCUT2D eigenvalue weighted by Gasteiger charge is -2.16. The molecule has 1 aliphatic rings. The van der Waals surface area contributed by atoms with Crippen LogP contribution < -0.4 is 5.32 Å². The lowest BCUT2D eigenvalue weighted by Crippen LogP contribution is -2.28. The van der Waals surface area contributed by atoms with E-state index in [1.807, 2.05) is 6.07 Å². The second kappa shape index (κ2) is 3.97. The van der Waals surface area contributed by atoms with Crippen molar-refractivity contribution in [3.05, 3.63) is 35.4 Å². The zero-order chi connectivity index (χ0) is 9.80. The molecule has 14 heavy (non-hydrogen) atoms. The largest absolute Gasteiger partial charge is 0.359 e. The summed E-state index contributed by atoms with van der Waals surface area (Å²) >= 11 is 0.